The molecule has 2 rings (SSSR count). The number of rotatable bonds is 7. The Hall–Kier alpha value is -1.62. The minimum atomic E-state index is -0.317. The first-order valence-corrected chi connectivity index (χ1v) is 6.80. The van der Waals surface area contributed by atoms with Crippen LogP contribution in [0.1, 0.15) is 25.3 Å². The predicted molar refractivity (Wildman–Crippen MR) is 76.3 cm³/mol. The zero-order valence-electron chi connectivity index (χ0n) is 11.6. The third kappa shape index (κ3) is 3.67. The van der Waals surface area contributed by atoms with E-state index in [0.717, 1.165) is 24.6 Å². The normalized spacial score (nSPS) is 14.7. The van der Waals surface area contributed by atoms with Crippen LogP contribution in [0.15, 0.2) is 18.2 Å². The number of hydrogen-bond donors (Lipinski definition) is 1. The summed E-state index contributed by atoms with van der Waals surface area (Å²) in [4.78, 5) is 13.0. The van der Waals surface area contributed by atoms with Gasteiger partial charge in [0, 0.05) is 25.7 Å². The Morgan fingerprint density at radius 1 is 1.47 bits per heavy atom. The summed E-state index contributed by atoms with van der Waals surface area (Å²) in [6, 6.07) is 5.29. The van der Waals surface area contributed by atoms with Gasteiger partial charge in [-0.25, -0.2) is 0 Å². The van der Waals surface area contributed by atoms with Crippen molar-refractivity contribution in [2.45, 2.75) is 26.3 Å². The molecule has 1 aliphatic carbocycles. The topological polar surface area (TPSA) is 58.4 Å². The SMILES string of the molecule is CCNc1c(CN(C)CC2CC2)cccc1[N+](=O)[O-]. The number of nitrogens with zero attached hydrogens (tertiary/aromatic N) is 2. The molecule has 0 unspecified atom stereocenters. The van der Waals surface area contributed by atoms with Crippen molar-refractivity contribution in [1.29, 1.82) is 0 Å². The van der Waals surface area contributed by atoms with Crippen LogP contribution in [0.5, 0.6) is 0 Å². The minimum absolute atomic E-state index is 0.166. The van der Waals surface area contributed by atoms with Crippen molar-refractivity contribution in [1.82, 2.24) is 4.90 Å². The molecule has 19 heavy (non-hydrogen) atoms. The molecule has 0 spiro atoms. The molecule has 0 atom stereocenters. The lowest BCUT2D eigenvalue weighted by Gasteiger charge is -2.18. The second-order valence-electron chi connectivity index (χ2n) is 5.24. The molecular formula is C14H21N3O2. The van der Waals surface area contributed by atoms with Gasteiger partial charge in [-0.05, 0) is 38.3 Å². The number of hydrogen-bond acceptors (Lipinski definition) is 4. The van der Waals surface area contributed by atoms with Crippen LogP contribution in [0.4, 0.5) is 11.4 Å². The van der Waals surface area contributed by atoms with Crippen LogP contribution in [0.3, 0.4) is 0 Å². The van der Waals surface area contributed by atoms with Gasteiger partial charge in [0.1, 0.15) is 5.69 Å². The molecule has 1 aromatic rings. The van der Waals surface area contributed by atoms with Crippen LogP contribution in [0.25, 0.3) is 0 Å². The highest BCUT2D eigenvalue weighted by molar-refractivity contribution is 5.66. The van der Waals surface area contributed by atoms with Gasteiger partial charge in [0.2, 0.25) is 0 Å². The van der Waals surface area contributed by atoms with Crippen molar-refractivity contribution in [3.8, 4) is 0 Å². The second-order valence-corrected chi connectivity index (χ2v) is 5.24. The minimum Gasteiger partial charge on any atom is -0.380 e. The van der Waals surface area contributed by atoms with E-state index in [1.807, 2.05) is 13.0 Å². The molecular weight excluding hydrogens is 242 g/mol. The number of benzene rings is 1. The molecule has 1 saturated carbocycles. The Kier molecular flexibility index (Phi) is 4.37. The molecule has 1 aromatic carbocycles. The molecule has 1 fully saturated rings. The van der Waals surface area contributed by atoms with Crippen molar-refractivity contribution in [2.24, 2.45) is 5.92 Å². The van der Waals surface area contributed by atoms with E-state index in [-0.39, 0.29) is 10.6 Å². The molecule has 0 saturated heterocycles. The fraction of sp³-hybridized carbons (Fsp3) is 0.571. The van der Waals surface area contributed by atoms with E-state index in [0.29, 0.717) is 12.2 Å². The summed E-state index contributed by atoms with van der Waals surface area (Å²) < 4.78 is 0. The first-order valence-electron chi connectivity index (χ1n) is 6.80. The van der Waals surface area contributed by atoms with E-state index >= 15 is 0 Å². The highest BCUT2D eigenvalue weighted by Gasteiger charge is 2.24. The van der Waals surface area contributed by atoms with E-state index in [2.05, 4.69) is 17.3 Å². The molecule has 0 aliphatic heterocycles. The summed E-state index contributed by atoms with van der Waals surface area (Å²) in [5.74, 6) is 0.825. The van der Waals surface area contributed by atoms with Crippen molar-refractivity contribution < 1.29 is 4.92 Å². The standard InChI is InChI=1S/C14H21N3O2/c1-3-15-14-12(5-4-6-13(14)17(18)19)10-16(2)9-11-7-8-11/h4-6,11,15H,3,7-10H2,1-2H3. The third-order valence-corrected chi connectivity index (χ3v) is 3.39. The van der Waals surface area contributed by atoms with E-state index in [9.17, 15) is 10.1 Å². The highest BCUT2D eigenvalue weighted by atomic mass is 16.6. The Morgan fingerprint density at radius 3 is 2.79 bits per heavy atom. The van der Waals surface area contributed by atoms with Gasteiger partial charge in [-0.15, -0.1) is 0 Å². The average molecular weight is 263 g/mol. The molecule has 0 amide bonds. The Bertz CT molecular complexity index is 458. The summed E-state index contributed by atoms with van der Waals surface area (Å²) in [5, 5.41) is 14.2. The van der Waals surface area contributed by atoms with Gasteiger partial charge in [-0.1, -0.05) is 12.1 Å². The van der Waals surface area contributed by atoms with Gasteiger partial charge in [-0.3, -0.25) is 10.1 Å². The number of nitrogens with one attached hydrogen (secondary N) is 1. The smallest absolute Gasteiger partial charge is 0.292 e. The number of anilines is 1. The van der Waals surface area contributed by atoms with E-state index < -0.39 is 0 Å². The zero-order valence-corrected chi connectivity index (χ0v) is 11.6. The molecule has 0 bridgehead atoms. The molecule has 104 valence electrons. The van der Waals surface area contributed by atoms with Gasteiger partial charge in [0.25, 0.3) is 5.69 Å². The Labute approximate surface area is 113 Å². The zero-order chi connectivity index (χ0) is 13.8. The lowest BCUT2D eigenvalue weighted by Crippen LogP contribution is -2.21. The molecule has 0 heterocycles. The Balaban J connectivity index is 2.16. The first-order chi connectivity index (χ1) is 9.11. The highest BCUT2D eigenvalue weighted by Crippen LogP contribution is 2.32. The lowest BCUT2D eigenvalue weighted by atomic mass is 10.1. The van der Waals surface area contributed by atoms with Crippen molar-refractivity contribution in [3.63, 3.8) is 0 Å². The monoisotopic (exact) mass is 263 g/mol. The van der Waals surface area contributed by atoms with Gasteiger partial charge >= 0.3 is 0 Å². The molecule has 0 aromatic heterocycles. The largest absolute Gasteiger partial charge is 0.380 e. The fourth-order valence-corrected chi connectivity index (χ4v) is 2.35. The van der Waals surface area contributed by atoms with Crippen LogP contribution in [-0.4, -0.2) is 30.0 Å². The van der Waals surface area contributed by atoms with Gasteiger partial charge < -0.3 is 10.2 Å². The molecule has 5 nitrogen and oxygen atoms in total. The summed E-state index contributed by atoms with van der Waals surface area (Å²) >= 11 is 0. The summed E-state index contributed by atoms with van der Waals surface area (Å²) in [6.07, 6.45) is 2.64. The van der Waals surface area contributed by atoms with Crippen molar-refractivity contribution in [2.75, 3.05) is 25.5 Å². The molecule has 1 N–H and O–H groups in total. The lowest BCUT2D eigenvalue weighted by molar-refractivity contribution is -0.384. The second kappa shape index (κ2) is 6.02. The van der Waals surface area contributed by atoms with Crippen LogP contribution < -0.4 is 5.32 Å². The van der Waals surface area contributed by atoms with Crippen molar-refractivity contribution >= 4 is 11.4 Å². The summed E-state index contributed by atoms with van der Waals surface area (Å²) in [6.45, 7) is 4.47. The van der Waals surface area contributed by atoms with E-state index in [4.69, 9.17) is 0 Å². The summed E-state index contributed by atoms with van der Waals surface area (Å²) in [7, 11) is 2.08. The number of para-hydroxylation sites is 1. The third-order valence-electron chi connectivity index (χ3n) is 3.39. The number of nitro benzene ring substituents is 1. The maximum absolute atomic E-state index is 11.1. The van der Waals surface area contributed by atoms with Crippen molar-refractivity contribution in [3.05, 3.63) is 33.9 Å². The van der Waals surface area contributed by atoms with Gasteiger partial charge in [0.05, 0.1) is 4.92 Å². The van der Waals surface area contributed by atoms with E-state index in [1.165, 1.54) is 12.8 Å². The fourth-order valence-electron chi connectivity index (χ4n) is 2.35. The molecule has 0 radical (unpaired) electrons. The maximum atomic E-state index is 11.1. The van der Waals surface area contributed by atoms with Gasteiger partial charge in [0.15, 0.2) is 0 Å². The van der Waals surface area contributed by atoms with Gasteiger partial charge in [-0.2, -0.15) is 0 Å². The maximum Gasteiger partial charge on any atom is 0.292 e. The van der Waals surface area contributed by atoms with Crippen LogP contribution in [0.2, 0.25) is 0 Å². The number of nitro groups is 1. The van der Waals surface area contributed by atoms with Crippen LogP contribution in [-0.2, 0) is 6.54 Å². The first kappa shape index (κ1) is 13.8. The molecule has 1 aliphatic rings. The quantitative estimate of drug-likeness (QED) is 0.607. The van der Waals surface area contributed by atoms with Crippen LogP contribution >= 0.6 is 0 Å². The average Bonchev–Trinajstić information content (AvgIpc) is 3.15. The van der Waals surface area contributed by atoms with Crippen LogP contribution in [0, 0.1) is 16.0 Å². The predicted octanol–water partition coefficient (Wildman–Crippen LogP) is 2.87. The summed E-state index contributed by atoms with van der Waals surface area (Å²) in [5.41, 5.74) is 1.83. The van der Waals surface area contributed by atoms with E-state index in [1.54, 1.807) is 12.1 Å². The molecule has 5 heteroatoms. The Morgan fingerprint density at radius 2 is 2.21 bits per heavy atom.